The third kappa shape index (κ3) is 2.76. The van der Waals surface area contributed by atoms with E-state index in [0.717, 1.165) is 0 Å². The van der Waals surface area contributed by atoms with E-state index in [4.69, 9.17) is 15.2 Å². The van der Waals surface area contributed by atoms with Crippen molar-refractivity contribution in [1.82, 2.24) is 0 Å². The Labute approximate surface area is 95.7 Å². The van der Waals surface area contributed by atoms with Crippen molar-refractivity contribution in [2.24, 2.45) is 5.73 Å². The molecule has 6 heteroatoms. The fourth-order valence-corrected chi connectivity index (χ4v) is 1.60. The number of carbonyl (C=O) groups is 1. The number of benzene rings is 1. The highest BCUT2D eigenvalue weighted by atomic mass is 79.9. The first-order chi connectivity index (χ1) is 7.08. The summed E-state index contributed by atoms with van der Waals surface area (Å²) in [5.74, 6) is 1.09. The Morgan fingerprint density at radius 2 is 1.93 bits per heavy atom. The van der Waals surface area contributed by atoms with E-state index in [1.54, 1.807) is 19.2 Å². The summed E-state index contributed by atoms with van der Waals surface area (Å²) in [4.78, 5) is 10.7. The van der Waals surface area contributed by atoms with Crippen LogP contribution in [0.15, 0.2) is 16.6 Å². The number of hydrogen-bond acceptors (Lipinski definition) is 3. The summed E-state index contributed by atoms with van der Waals surface area (Å²) in [5, 5.41) is 2.44. The van der Waals surface area contributed by atoms with Gasteiger partial charge in [-0.25, -0.2) is 4.79 Å². The lowest BCUT2D eigenvalue weighted by Crippen LogP contribution is -2.19. The largest absolute Gasteiger partial charge is 0.495 e. The quantitative estimate of drug-likeness (QED) is 0.885. The van der Waals surface area contributed by atoms with Gasteiger partial charge in [0.15, 0.2) is 0 Å². The molecule has 5 nitrogen and oxygen atoms in total. The smallest absolute Gasteiger partial charge is 0.316 e. The first-order valence-corrected chi connectivity index (χ1v) is 4.85. The van der Waals surface area contributed by atoms with E-state index >= 15 is 0 Å². The molecule has 0 fully saturated rings. The highest BCUT2D eigenvalue weighted by Gasteiger charge is 2.10. The molecule has 0 heterocycles. The van der Waals surface area contributed by atoms with Crippen LogP contribution in [0.2, 0.25) is 0 Å². The molecule has 0 bridgehead atoms. The zero-order chi connectivity index (χ0) is 11.4. The van der Waals surface area contributed by atoms with Crippen LogP contribution in [-0.2, 0) is 0 Å². The highest BCUT2D eigenvalue weighted by molar-refractivity contribution is 9.10. The molecule has 15 heavy (non-hydrogen) atoms. The Hall–Kier alpha value is -1.43. The van der Waals surface area contributed by atoms with E-state index in [-0.39, 0.29) is 0 Å². The summed E-state index contributed by atoms with van der Waals surface area (Å²) in [6.45, 7) is 0. The van der Waals surface area contributed by atoms with Gasteiger partial charge in [0, 0.05) is 6.07 Å². The van der Waals surface area contributed by atoms with Crippen molar-refractivity contribution in [3.63, 3.8) is 0 Å². The predicted molar refractivity (Wildman–Crippen MR) is 60.5 cm³/mol. The predicted octanol–water partition coefficient (Wildman–Crippen LogP) is 1.96. The van der Waals surface area contributed by atoms with Crippen LogP contribution < -0.4 is 20.5 Å². The molecule has 0 aliphatic rings. The maximum absolute atomic E-state index is 10.7. The normalized spacial score (nSPS) is 9.53. The topological polar surface area (TPSA) is 73.6 Å². The van der Waals surface area contributed by atoms with Crippen molar-refractivity contribution in [2.75, 3.05) is 19.5 Å². The second kappa shape index (κ2) is 4.88. The number of hydrogen-bond donors (Lipinski definition) is 2. The van der Waals surface area contributed by atoms with E-state index in [0.29, 0.717) is 21.7 Å². The number of carbonyl (C=O) groups excluding carboxylic acids is 1. The third-order valence-corrected chi connectivity index (χ3v) is 2.35. The number of rotatable bonds is 3. The summed E-state index contributed by atoms with van der Waals surface area (Å²) in [6.07, 6.45) is 0. The van der Waals surface area contributed by atoms with E-state index in [1.807, 2.05) is 0 Å². The molecule has 0 unspecified atom stereocenters. The van der Waals surface area contributed by atoms with Crippen molar-refractivity contribution in [3.05, 3.63) is 16.6 Å². The molecule has 3 N–H and O–H groups in total. The summed E-state index contributed by atoms with van der Waals surface area (Å²) in [7, 11) is 3.04. The molecule has 0 saturated carbocycles. The van der Waals surface area contributed by atoms with Gasteiger partial charge in [0.1, 0.15) is 11.5 Å². The zero-order valence-corrected chi connectivity index (χ0v) is 9.92. The molecular weight excluding hydrogens is 264 g/mol. The van der Waals surface area contributed by atoms with Crippen molar-refractivity contribution in [3.8, 4) is 11.5 Å². The Kier molecular flexibility index (Phi) is 3.79. The molecule has 1 aromatic rings. The van der Waals surface area contributed by atoms with Crippen molar-refractivity contribution < 1.29 is 14.3 Å². The van der Waals surface area contributed by atoms with E-state index < -0.39 is 6.03 Å². The average molecular weight is 275 g/mol. The van der Waals surface area contributed by atoms with Crippen LogP contribution in [0.3, 0.4) is 0 Å². The van der Waals surface area contributed by atoms with E-state index in [9.17, 15) is 4.79 Å². The fourth-order valence-electron chi connectivity index (χ4n) is 1.09. The molecule has 1 aromatic carbocycles. The number of nitrogens with two attached hydrogens (primary N) is 1. The van der Waals surface area contributed by atoms with Crippen molar-refractivity contribution >= 4 is 27.6 Å². The summed E-state index contributed by atoms with van der Waals surface area (Å²) in [6, 6.07) is 2.66. The van der Waals surface area contributed by atoms with E-state index in [1.165, 1.54) is 7.11 Å². The zero-order valence-electron chi connectivity index (χ0n) is 8.33. The summed E-state index contributed by atoms with van der Waals surface area (Å²) < 4.78 is 10.9. The molecule has 0 spiro atoms. The Morgan fingerprint density at radius 1 is 1.33 bits per heavy atom. The van der Waals surface area contributed by atoms with Gasteiger partial charge in [0.25, 0.3) is 0 Å². The fraction of sp³-hybridized carbons (Fsp3) is 0.222. The lowest BCUT2D eigenvalue weighted by atomic mass is 10.2. The minimum absolute atomic E-state index is 0.480. The van der Waals surface area contributed by atoms with Crippen LogP contribution in [0.4, 0.5) is 10.5 Å². The number of amides is 2. The minimum Gasteiger partial charge on any atom is -0.495 e. The molecule has 0 saturated heterocycles. The van der Waals surface area contributed by atoms with Crippen molar-refractivity contribution in [2.45, 2.75) is 0 Å². The number of urea groups is 1. The van der Waals surface area contributed by atoms with Gasteiger partial charge in [0.2, 0.25) is 0 Å². The van der Waals surface area contributed by atoms with Gasteiger partial charge in [0.05, 0.1) is 24.4 Å². The van der Waals surface area contributed by atoms with Gasteiger partial charge in [-0.3, -0.25) is 0 Å². The second-order valence-corrected chi connectivity index (χ2v) is 3.53. The number of primary amides is 1. The first kappa shape index (κ1) is 11.6. The second-order valence-electron chi connectivity index (χ2n) is 2.68. The number of anilines is 1. The van der Waals surface area contributed by atoms with Crippen LogP contribution >= 0.6 is 15.9 Å². The average Bonchev–Trinajstić information content (AvgIpc) is 2.17. The molecule has 0 aromatic heterocycles. The Morgan fingerprint density at radius 3 is 2.40 bits per heavy atom. The van der Waals surface area contributed by atoms with Crippen molar-refractivity contribution in [1.29, 1.82) is 0 Å². The van der Waals surface area contributed by atoms with Gasteiger partial charge >= 0.3 is 6.03 Å². The lowest BCUT2D eigenvalue weighted by Gasteiger charge is -2.11. The first-order valence-electron chi connectivity index (χ1n) is 4.06. The maximum atomic E-state index is 10.7. The molecule has 0 aliphatic carbocycles. The molecule has 0 atom stereocenters. The molecular formula is C9H11BrN2O3. The van der Waals surface area contributed by atoms with Gasteiger partial charge in [-0.1, -0.05) is 0 Å². The lowest BCUT2D eigenvalue weighted by molar-refractivity contribution is 0.259. The SMILES string of the molecule is COc1cc(OC)c(NC(N)=O)cc1Br. The van der Waals surface area contributed by atoms with Gasteiger partial charge in [-0.15, -0.1) is 0 Å². The summed E-state index contributed by atoms with van der Waals surface area (Å²) in [5.41, 5.74) is 5.50. The number of methoxy groups -OCH3 is 2. The Bertz CT molecular complexity index is 382. The van der Waals surface area contributed by atoms with Gasteiger partial charge in [-0.05, 0) is 22.0 Å². The van der Waals surface area contributed by atoms with Crippen LogP contribution in [0.25, 0.3) is 0 Å². The number of nitrogens with one attached hydrogen (secondary N) is 1. The third-order valence-electron chi connectivity index (χ3n) is 1.73. The van der Waals surface area contributed by atoms with Gasteiger partial charge < -0.3 is 20.5 Å². The standard InChI is InChI=1S/C9H11BrN2O3/c1-14-7-4-8(15-2)6(3-5(7)10)12-9(11)13/h3-4H,1-2H3,(H3,11,12,13). The molecule has 82 valence electrons. The molecule has 0 aliphatic heterocycles. The molecule has 2 amide bonds. The van der Waals surface area contributed by atoms with Crippen LogP contribution in [0, 0.1) is 0 Å². The Balaban J connectivity index is 3.15. The number of ether oxygens (including phenoxy) is 2. The minimum atomic E-state index is -0.648. The highest BCUT2D eigenvalue weighted by Crippen LogP contribution is 2.35. The van der Waals surface area contributed by atoms with Crippen LogP contribution in [0.1, 0.15) is 0 Å². The monoisotopic (exact) mass is 274 g/mol. The van der Waals surface area contributed by atoms with Crippen LogP contribution in [-0.4, -0.2) is 20.3 Å². The van der Waals surface area contributed by atoms with Gasteiger partial charge in [-0.2, -0.15) is 0 Å². The maximum Gasteiger partial charge on any atom is 0.316 e. The van der Waals surface area contributed by atoms with Crippen LogP contribution in [0.5, 0.6) is 11.5 Å². The van der Waals surface area contributed by atoms with E-state index in [2.05, 4.69) is 21.2 Å². The number of halogens is 1. The molecule has 0 radical (unpaired) electrons. The summed E-state index contributed by atoms with van der Waals surface area (Å²) >= 11 is 3.29. The molecule has 1 rings (SSSR count).